The quantitative estimate of drug-likeness (QED) is 0.896. The van der Waals surface area contributed by atoms with E-state index in [1.54, 1.807) is 18.6 Å². The molecular formula is C15H24N4O2. The van der Waals surface area contributed by atoms with Gasteiger partial charge in [0.15, 0.2) is 0 Å². The summed E-state index contributed by atoms with van der Waals surface area (Å²) in [5.74, 6) is 0.778. The maximum Gasteiger partial charge on any atom is 0.407 e. The van der Waals surface area contributed by atoms with E-state index >= 15 is 0 Å². The smallest absolute Gasteiger partial charge is 0.407 e. The van der Waals surface area contributed by atoms with Crippen molar-refractivity contribution in [1.29, 1.82) is 0 Å². The normalized spacial score (nSPS) is 22.4. The van der Waals surface area contributed by atoms with Crippen LogP contribution in [0.25, 0.3) is 0 Å². The van der Waals surface area contributed by atoms with Crippen LogP contribution in [0, 0.1) is 0 Å². The number of alkyl carbamates (subject to hydrolysis) is 1. The summed E-state index contributed by atoms with van der Waals surface area (Å²) in [5, 5.41) is 6.32. The van der Waals surface area contributed by atoms with Gasteiger partial charge in [0, 0.05) is 24.5 Å². The fraction of sp³-hybridized carbons (Fsp3) is 0.667. The van der Waals surface area contributed by atoms with Crippen LogP contribution >= 0.6 is 0 Å². The molecule has 6 nitrogen and oxygen atoms in total. The molecule has 1 heterocycles. The molecule has 1 aromatic rings. The molecule has 1 fully saturated rings. The third kappa shape index (κ3) is 5.57. The molecule has 2 atom stereocenters. The van der Waals surface area contributed by atoms with Crippen molar-refractivity contribution < 1.29 is 9.53 Å². The molecule has 1 saturated carbocycles. The van der Waals surface area contributed by atoms with E-state index in [9.17, 15) is 4.79 Å². The van der Waals surface area contributed by atoms with E-state index in [1.807, 2.05) is 20.8 Å². The van der Waals surface area contributed by atoms with E-state index < -0.39 is 5.60 Å². The molecule has 0 saturated heterocycles. The molecule has 0 aromatic carbocycles. The Morgan fingerprint density at radius 3 is 2.71 bits per heavy atom. The Balaban J connectivity index is 1.82. The van der Waals surface area contributed by atoms with Gasteiger partial charge in [-0.05, 0) is 46.5 Å². The van der Waals surface area contributed by atoms with Crippen LogP contribution < -0.4 is 10.6 Å². The van der Waals surface area contributed by atoms with Crippen LogP contribution in [0.1, 0.15) is 46.5 Å². The lowest BCUT2D eigenvalue weighted by Gasteiger charge is -2.31. The highest BCUT2D eigenvalue weighted by Crippen LogP contribution is 2.21. The van der Waals surface area contributed by atoms with Crippen molar-refractivity contribution in [2.75, 3.05) is 5.32 Å². The molecule has 21 heavy (non-hydrogen) atoms. The summed E-state index contributed by atoms with van der Waals surface area (Å²) in [6.45, 7) is 5.60. The highest BCUT2D eigenvalue weighted by atomic mass is 16.6. The number of rotatable bonds is 3. The van der Waals surface area contributed by atoms with Crippen LogP contribution in [0.2, 0.25) is 0 Å². The summed E-state index contributed by atoms with van der Waals surface area (Å²) < 4.78 is 5.30. The topological polar surface area (TPSA) is 76.1 Å². The lowest BCUT2D eigenvalue weighted by molar-refractivity contribution is 0.0492. The van der Waals surface area contributed by atoms with Crippen LogP contribution in [-0.2, 0) is 4.74 Å². The van der Waals surface area contributed by atoms with Crippen LogP contribution in [-0.4, -0.2) is 33.7 Å². The highest BCUT2D eigenvalue weighted by molar-refractivity contribution is 5.68. The Kier molecular flexibility index (Phi) is 4.98. The van der Waals surface area contributed by atoms with Gasteiger partial charge < -0.3 is 15.4 Å². The second-order valence-corrected chi connectivity index (χ2v) is 6.44. The van der Waals surface area contributed by atoms with Gasteiger partial charge in [0.1, 0.15) is 11.4 Å². The molecule has 0 bridgehead atoms. The number of aromatic nitrogens is 2. The van der Waals surface area contributed by atoms with Crippen molar-refractivity contribution in [3.63, 3.8) is 0 Å². The number of carbonyl (C=O) groups is 1. The van der Waals surface area contributed by atoms with Gasteiger partial charge in [0.25, 0.3) is 0 Å². The Morgan fingerprint density at radius 1 is 1.29 bits per heavy atom. The summed E-state index contributed by atoms with van der Waals surface area (Å²) in [6, 6.07) is 0.443. The maximum atomic E-state index is 11.8. The summed E-state index contributed by atoms with van der Waals surface area (Å²) in [7, 11) is 0. The fourth-order valence-corrected chi connectivity index (χ4v) is 2.51. The number of carbonyl (C=O) groups excluding carboxylic acids is 1. The Hall–Kier alpha value is -1.85. The van der Waals surface area contributed by atoms with Gasteiger partial charge in [-0.3, -0.25) is 4.98 Å². The van der Waals surface area contributed by atoms with Crippen LogP contribution in [0.15, 0.2) is 18.6 Å². The minimum Gasteiger partial charge on any atom is -0.444 e. The third-order valence-electron chi connectivity index (χ3n) is 3.31. The number of ether oxygens (including phenoxy) is 1. The van der Waals surface area contributed by atoms with Crippen molar-refractivity contribution in [1.82, 2.24) is 15.3 Å². The first kappa shape index (κ1) is 15.5. The van der Waals surface area contributed by atoms with E-state index in [0.717, 1.165) is 31.5 Å². The van der Waals surface area contributed by atoms with Gasteiger partial charge in [-0.15, -0.1) is 0 Å². The largest absolute Gasteiger partial charge is 0.444 e. The maximum absolute atomic E-state index is 11.8. The molecule has 6 heteroatoms. The number of nitrogens with zero attached hydrogens (tertiary/aromatic N) is 2. The predicted octanol–water partition coefficient (Wildman–Crippen LogP) is 2.72. The number of hydrogen-bond acceptors (Lipinski definition) is 5. The molecule has 1 amide bonds. The summed E-state index contributed by atoms with van der Waals surface area (Å²) in [6.07, 6.45) is 8.69. The van der Waals surface area contributed by atoms with E-state index in [-0.39, 0.29) is 12.1 Å². The van der Waals surface area contributed by atoms with E-state index in [0.29, 0.717) is 6.04 Å². The fourth-order valence-electron chi connectivity index (χ4n) is 2.51. The van der Waals surface area contributed by atoms with Crippen LogP contribution in [0.5, 0.6) is 0 Å². The Bertz CT molecular complexity index is 458. The van der Waals surface area contributed by atoms with Crippen molar-refractivity contribution >= 4 is 11.9 Å². The Labute approximate surface area is 125 Å². The average Bonchev–Trinajstić information content (AvgIpc) is 2.38. The summed E-state index contributed by atoms with van der Waals surface area (Å²) in [4.78, 5) is 20.1. The lowest BCUT2D eigenvalue weighted by Crippen LogP contribution is -2.43. The third-order valence-corrected chi connectivity index (χ3v) is 3.31. The van der Waals surface area contributed by atoms with Gasteiger partial charge in [0.05, 0.1) is 6.20 Å². The van der Waals surface area contributed by atoms with Gasteiger partial charge in [-0.2, -0.15) is 0 Å². The minimum atomic E-state index is -0.462. The summed E-state index contributed by atoms with van der Waals surface area (Å²) >= 11 is 0. The first-order valence-electron chi connectivity index (χ1n) is 7.44. The zero-order valence-corrected chi connectivity index (χ0v) is 12.9. The molecule has 1 aliphatic carbocycles. The zero-order valence-electron chi connectivity index (χ0n) is 12.9. The molecule has 1 aliphatic rings. The minimum absolute atomic E-state index is 0.141. The molecule has 2 N–H and O–H groups in total. The number of hydrogen-bond donors (Lipinski definition) is 2. The average molecular weight is 292 g/mol. The molecule has 2 rings (SSSR count). The second kappa shape index (κ2) is 6.74. The second-order valence-electron chi connectivity index (χ2n) is 6.44. The zero-order chi connectivity index (χ0) is 15.3. The monoisotopic (exact) mass is 292 g/mol. The first-order valence-corrected chi connectivity index (χ1v) is 7.44. The molecule has 0 aliphatic heterocycles. The van der Waals surface area contributed by atoms with Gasteiger partial charge in [-0.1, -0.05) is 0 Å². The van der Waals surface area contributed by atoms with Gasteiger partial charge in [-0.25, -0.2) is 9.78 Å². The van der Waals surface area contributed by atoms with Crippen molar-refractivity contribution in [3.05, 3.63) is 18.6 Å². The van der Waals surface area contributed by atoms with Crippen molar-refractivity contribution in [3.8, 4) is 0 Å². The molecule has 1 aromatic heterocycles. The lowest BCUT2D eigenvalue weighted by atomic mass is 9.91. The molecular weight excluding hydrogens is 268 g/mol. The van der Waals surface area contributed by atoms with Crippen LogP contribution in [0.4, 0.5) is 10.6 Å². The van der Waals surface area contributed by atoms with E-state index in [4.69, 9.17) is 4.74 Å². The molecule has 2 unspecified atom stereocenters. The van der Waals surface area contributed by atoms with Crippen molar-refractivity contribution in [2.45, 2.75) is 64.1 Å². The van der Waals surface area contributed by atoms with E-state index in [1.165, 1.54) is 0 Å². The molecule has 0 spiro atoms. The van der Waals surface area contributed by atoms with Gasteiger partial charge >= 0.3 is 6.09 Å². The molecule has 0 radical (unpaired) electrons. The van der Waals surface area contributed by atoms with Crippen LogP contribution in [0.3, 0.4) is 0 Å². The van der Waals surface area contributed by atoms with E-state index in [2.05, 4.69) is 20.6 Å². The highest BCUT2D eigenvalue weighted by Gasteiger charge is 2.25. The number of nitrogens with one attached hydrogen (secondary N) is 2. The summed E-state index contributed by atoms with van der Waals surface area (Å²) in [5.41, 5.74) is -0.462. The predicted molar refractivity (Wildman–Crippen MR) is 81.1 cm³/mol. The SMILES string of the molecule is CC(C)(C)OC(=O)NC1CCCC(Nc2cnccn2)C1. The standard InChI is InChI=1S/C15H24N4O2/c1-15(2,3)21-14(20)19-12-6-4-5-11(9-12)18-13-10-16-7-8-17-13/h7-8,10-12H,4-6,9H2,1-3H3,(H,17,18)(H,19,20). The number of anilines is 1. The van der Waals surface area contributed by atoms with Crippen molar-refractivity contribution in [2.24, 2.45) is 0 Å². The Morgan fingerprint density at radius 2 is 2.05 bits per heavy atom. The number of amides is 1. The van der Waals surface area contributed by atoms with Gasteiger partial charge in [0.2, 0.25) is 0 Å². The molecule has 116 valence electrons. The first-order chi connectivity index (χ1) is 9.92.